The van der Waals surface area contributed by atoms with Crippen molar-refractivity contribution >= 4 is 11.6 Å². The van der Waals surface area contributed by atoms with Gasteiger partial charge in [0.15, 0.2) is 0 Å². The van der Waals surface area contributed by atoms with Gasteiger partial charge >= 0.3 is 0 Å². The molecule has 0 amide bonds. The lowest BCUT2D eigenvalue weighted by molar-refractivity contribution is 0.222. The molecule has 1 fully saturated rings. The first-order chi connectivity index (χ1) is 7.75. The number of rotatable bonds is 3. The van der Waals surface area contributed by atoms with Crippen LogP contribution < -0.4 is 5.56 Å². The minimum Gasteiger partial charge on any atom is -0.314 e. The second-order valence-corrected chi connectivity index (χ2v) is 4.87. The van der Waals surface area contributed by atoms with E-state index in [0.29, 0.717) is 5.38 Å². The maximum Gasteiger partial charge on any atom is 0.250 e. The monoisotopic (exact) mass is 240 g/mol. The molecule has 2 rings (SSSR count). The summed E-state index contributed by atoms with van der Waals surface area (Å²) in [6, 6.07) is 5.27. The molecule has 0 N–H and O–H groups in total. The van der Waals surface area contributed by atoms with Gasteiger partial charge in [-0.15, -0.1) is 11.6 Å². The van der Waals surface area contributed by atoms with Gasteiger partial charge < -0.3 is 9.47 Å². The van der Waals surface area contributed by atoms with Gasteiger partial charge in [0.2, 0.25) is 0 Å². The molecule has 1 aromatic heterocycles. The normalized spacial score (nSPS) is 18.8. The third-order valence-corrected chi connectivity index (χ3v) is 3.51. The second kappa shape index (κ2) is 5.51. The Morgan fingerprint density at radius 2 is 2.00 bits per heavy atom. The van der Waals surface area contributed by atoms with E-state index in [0.717, 1.165) is 39.0 Å². The van der Waals surface area contributed by atoms with Crippen LogP contribution in [0, 0.1) is 0 Å². The first-order valence-electron chi connectivity index (χ1n) is 5.77. The summed E-state index contributed by atoms with van der Waals surface area (Å²) in [5.74, 6) is 0. The van der Waals surface area contributed by atoms with E-state index >= 15 is 0 Å². The number of nitrogens with zero attached hydrogens (tertiary/aromatic N) is 2. The summed E-state index contributed by atoms with van der Waals surface area (Å²) >= 11 is 6.04. The fourth-order valence-corrected chi connectivity index (χ4v) is 2.21. The zero-order chi connectivity index (χ0) is 11.4. The first-order valence-corrected chi connectivity index (χ1v) is 6.21. The number of aromatic nitrogens is 1. The largest absolute Gasteiger partial charge is 0.314 e. The molecule has 16 heavy (non-hydrogen) atoms. The number of hydrogen-bond acceptors (Lipinski definition) is 2. The minimum atomic E-state index is 0.0785. The summed E-state index contributed by atoms with van der Waals surface area (Å²) < 4.78 is 1.76. The van der Waals surface area contributed by atoms with Crippen molar-refractivity contribution in [2.24, 2.45) is 0 Å². The Balaban J connectivity index is 1.84. The molecule has 3 nitrogen and oxygen atoms in total. The number of likely N-dealkylation sites (tertiary alicyclic amines) is 1. The van der Waals surface area contributed by atoms with Crippen LogP contribution in [0.15, 0.2) is 29.2 Å². The standard InChI is InChI=1S/C12H17ClN2O/c13-11-4-7-14(8-5-11)9-10-15-6-2-1-3-12(15)16/h1-3,6,11H,4-5,7-10H2. The van der Waals surface area contributed by atoms with Crippen molar-refractivity contribution in [3.8, 4) is 0 Å². The molecule has 2 heterocycles. The Hall–Kier alpha value is -0.800. The topological polar surface area (TPSA) is 25.2 Å². The van der Waals surface area contributed by atoms with Crippen molar-refractivity contribution < 1.29 is 0 Å². The smallest absolute Gasteiger partial charge is 0.250 e. The molecule has 0 aromatic carbocycles. The fraction of sp³-hybridized carbons (Fsp3) is 0.583. The summed E-state index contributed by atoms with van der Waals surface area (Å²) in [5, 5.41) is 0.343. The van der Waals surface area contributed by atoms with Crippen LogP contribution in [-0.2, 0) is 6.54 Å². The molecule has 0 bridgehead atoms. The van der Waals surface area contributed by atoms with Crippen molar-refractivity contribution in [1.82, 2.24) is 9.47 Å². The Morgan fingerprint density at radius 1 is 1.25 bits per heavy atom. The van der Waals surface area contributed by atoms with Gasteiger partial charge in [-0.25, -0.2) is 0 Å². The van der Waals surface area contributed by atoms with Gasteiger partial charge in [-0.1, -0.05) is 6.07 Å². The molecule has 0 spiro atoms. The van der Waals surface area contributed by atoms with E-state index in [-0.39, 0.29) is 5.56 Å². The van der Waals surface area contributed by atoms with Gasteiger partial charge in [0, 0.05) is 30.7 Å². The first kappa shape index (κ1) is 11.7. The van der Waals surface area contributed by atoms with Crippen LogP contribution in [0.2, 0.25) is 0 Å². The quantitative estimate of drug-likeness (QED) is 0.750. The zero-order valence-electron chi connectivity index (χ0n) is 9.31. The van der Waals surface area contributed by atoms with Crippen LogP contribution in [0.25, 0.3) is 0 Å². The second-order valence-electron chi connectivity index (χ2n) is 4.25. The van der Waals surface area contributed by atoms with E-state index in [9.17, 15) is 4.79 Å². The third kappa shape index (κ3) is 3.09. The van der Waals surface area contributed by atoms with Crippen LogP contribution in [0.4, 0.5) is 0 Å². The highest BCUT2D eigenvalue weighted by Gasteiger charge is 2.16. The number of alkyl halides is 1. The molecule has 0 radical (unpaired) electrons. The molecule has 0 unspecified atom stereocenters. The number of pyridine rings is 1. The maximum absolute atomic E-state index is 11.5. The lowest BCUT2D eigenvalue weighted by atomic mass is 10.1. The van der Waals surface area contributed by atoms with Crippen molar-refractivity contribution in [1.29, 1.82) is 0 Å². The van der Waals surface area contributed by atoms with Crippen molar-refractivity contribution in [2.75, 3.05) is 19.6 Å². The third-order valence-electron chi connectivity index (χ3n) is 3.07. The van der Waals surface area contributed by atoms with Gasteiger partial charge in [-0.2, -0.15) is 0 Å². The molecule has 88 valence electrons. The molecule has 1 aliphatic heterocycles. The fourth-order valence-electron chi connectivity index (χ4n) is 2.02. The summed E-state index contributed by atoms with van der Waals surface area (Å²) in [6.07, 6.45) is 3.97. The van der Waals surface area contributed by atoms with Crippen LogP contribution >= 0.6 is 11.6 Å². The molecule has 1 saturated heterocycles. The van der Waals surface area contributed by atoms with Crippen LogP contribution in [0.3, 0.4) is 0 Å². The maximum atomic E-state index is 11.5. The SMILES string of the molecule is O=c1ccccn1CCN1CCC(Cl)CC1. The molecule has 0 aliphatic carbocycles. The molecular formula is C12H17ClN2O. The predicted molar refractivity (Wildman–Crippen MR) is 66.0 cm³/mol. The highest BCUT2D eigenvalue weighted by molar-refractivity contribution is 6.20. The van der Waals surface area contributed by atoms with E-state index in [4.69, 9.17) is 11.6 Å². The van der Waals surface area contributed by atoms with E-state index in [1.54, 1.807) is 16.7 Å². The van der Waals surface area contributed by atoms with Crippen molar-refractivity contribution in [3.63, 3.8) is 0 Å². The molecule has 0 atom stereocenters. The molecule has 4 heteroatoms. The lowest BCUT2D eigenvalue weighted by Crippen LogP contribution is -2.37. The van der Waals surface area contributed by atoms with Crippen LogP contribution in [0.5, 0.6) is 0 Å². The Labute approximate surface area is 101 Å². The summed E-state index contributed by atoms with van der Waals surface area (Å²) in [5.41, 5.74) is 0.0785. The zero-order valence-corrected chi connectivity index (χ0v) is 10.1. The highest BCUT2D eigenvalue weighted by atomic mass is 35.5. The lowest BCUT2D eigenvalue weighted by Gasteiger charge is -2.29. The average molecular weight is 241 g/mol. The minimum absolute atomic E-state index is 0.0785. The van der Waals surface area contributed by atoms with E-state index in [1.807, 2.05) is 12.3 Å². The number of piperidine rings is 1. The molecule has 1 aliphatic rings. The van der Waals surface area contributed by atoms with Crippen LogP contribution in [0.1, 0.15) is 12.8 Å². The van der Waals surface area contributed by atoms with Gasteiger partial charge in [0.05, 0.1) is 0 Å². The van der Waals surface area contributed by atoms with Crippen LogP contribution in [-0.4, -0.2) is 34.5 Å². The van der Waals surface area contributed by atoms with Gasteiger partial charge in [0.1, 0.15) is 0 Å². The van der Waals surface area contributed by atoms with E-state index < -0.39 is 0 Å². The van der Waals surface area contributed by atoms with Gasteiger partial charge in [-0.05, 0) is 32.0 Å². The molecule has 0 saturated carbocycles. The molecule has 1 aromatic rings. The van der Waals surface area contributed by atoms with Gasteiger partial charge in [0.25, 0.3) is 5.56 Å². The Morgan fingerprint density at radius 3 is 2.69 bits per heavy atom. The average Bonchev–Trinajstić information content (AvgIpc) is 2.30. The van der Waals surface area contributed by atoms with Crippen molar-refractivity contribution in [2.45, 2.75) is 24.8 Å². The van der Waals surface area contributed by atoms with E-state index in [2.05, 4.69) is 4.90 Å². The van der Waals surface area contributed by atoms with Gasteiger partial charge in [-0.3, -0.25) is 4.79 Å². The number of hydrogen-bond donors (Lipinski definition) is 0. The summed E-state index contributed by atoms with van der Waals surface area (Å²) in [4.78, 5) is 13.8. The molecular weight excluding hydrogens is 224 g/mol. The Kier molecular flexibility index (Phi) is 4.02. The summed E-state index contributed by atoms with van der Waals surface area (Å²) in [6.45, 7) is 3.81. The Bertz CT molecular complexity index is 383. The number of halogens is 1. The highest BCUT2D eigenvalue weighted by Crippen LogP contribution is 2.14. The van der Waals surface area contributed by atoms with Crippen molar-refractivity contribution in [3.05, 3.63) is 34.7 Å². The predicted octanol–water partition coefficient (Wildman–Crippen LogP) is 1.55. The summed E-state index contributed by atoms with van der Waals surface area (Å²) in [7, 11) is 0. The van der Waals surface area contributed by atoms with E-state index in [1.165, 1.54) is 0 Å².